The van der Waals surface area contributed by atoms with Crippen LogP contribution in [0.4, 0.5) is 5.82 Å². The van der Waals surface area contributed by atoms with Gasteiger partial charge in [0, 0.05) is 12.7 Å². The normalized spacial score (nSPS) is 9.89. The van der Waals surface area contributed by atoms with Crippen LogP contribution in [-0.2, 0) is 6.54 Å². The van der Waals surface area contributed by atoms with Gasteiger partial charge in [-0.15, -0.1) is 0 Å². The summed E-state index contributed by atoms with van der Waals surface area (Å²) in [7, 11) is 0. The smallest absolute Gasteiger partial charge is 0.103 e. The average Bonchev–Trinajstić information content (AvgIpc) is 2.18. The van der Waals surface area contributed by atoms with E-state index in [4.69, 9.17) is 5.73 Å². The highest BCUT2D eigenvalue weighted by Gasteiger charge is 1.90. The molecule has 9 heavy (non-hydrogen) atoms. The Hall–Kier alpha value is -0.920. The molecule has 0 bridgehead atoms. The third-order valence-electron chi connectivity index (χ3n) is 1.33. The number of nitrogen functional groups attached to an aromatic ring is 1. The predicted octanol–water partition coefficient (Wildman–Crippen LogP) is 1.48. The molecule has 0 saturated heterocycles. The van der Waals surface area contributed by atoms with E-state index in [1.165, 1.54) is 0 Å². The van der Waals surface area contributed by atoms with Crippen molar-refractivity contribution in [3.63, 3.8) is 0 Å². The zero-order chi connectivity index (χ0) is 6.69. The molecular formula is C7H12N2. The van der Waals surface area contributed by atoms with Crippen LogP contribution in [0.2, 0.25) is 0 Å². The summed E-state index contributed by atoms with van der Waals surface area (Å²) in [4.78, 5) is 0. The molecule has 2 heteroatoms. The molecule has 0 aliphatic heterocycles. The van der Waals surface area contributed by atoms with Crippen molar-refractivity contribution in [3.05, 3.63) is 18.3 Å². The van der Waals surface area contributed by atoms with Gasteiger partial charge in [0.2, 0.25) is 0 Å². The fourth-order valence-electron chi connectivity index (χ4n) is 0.872. The Labute approximate surface area is 55.3 Å². The molecule has 0 aromatic carbocycles. The van der Waals surface area contributed by atoms with Crippen LogP contribution < -0.4 is 5.73 Å². The Morgan fingerprint density at radius 1 is 1.67 bits per heavy atom. The van der Waals surface area contributed by atoms with E-state index in [9.17, 15) is 0 Å². The summed E-state index contributed by atoms with van der Waals surface area (Å²) in [6, 6.07) is 3.88. The minimum Gasteiger partial charge on any atom is -0.385 e. The summed E-state index contributed by atoms with van der Waals surface area (Å²) < 4.78 is 2.04. The molecule has 0 unspecified atom stereocenters. The van der Waals surface area contributed by atoms with Gasteiger partial charge in [-0.05, 0) is 18.6 Å². The van der Waals surface area contributed by atoms with Crippen LogP contribution in [0.15, 0.2) is 18.3 Å². The van der Waals surface area contributed by atoms with E-state index in [0.717, 1.165) is 18.8 Å². The molecule has 0 amide bonds. The monoisotopic (exact) mass is 124 g/mol. The molecule has 1 rings (SSSR count). The number of nitrogens with two attached hydrogens (primary N) is 1. The first-order valence-electron chi connectivity index (χ1n) is 3.25. The van der Waals surface area contributed by atoms with Gasteiger partial charge in [0.1, 0.15) is 5.82 Å². The second-order valence-electron chi connectivity index (χ2n) is 2.13. The first kappa shape index (κ1) is 6.20. The standard InChI is InChI=1S/C7H12N2/c1-2-5-9-6-3-4-7(9)8/h3-4,6H,2,5,8H2,1H3. The molecule has 2 nitrogen and oxygen atoms in total. The highest BCUT2D eigenvalue weighted by molar-refractivity contribution is 5.29. The minimum absolute atomic E-state index is 0.858. The molecular weight excluding hydrogens is 112 g/mol. The lowest BCUT2D eigenvalue weighted by molar-refractivity contribution is 0.691. The molecule has 0 saturated carbocycles. The van der Waals surface area contributed by atoms with E-state index in [1.54, 1.807) is 0 Å². The minimum atomic E-state index is 0.858. The van der Waals surface area contributed by atoms with Crippen molar-refractivity contribution >= 4 is 5.82 Å². The number of hydrogen-bond donors (Lipinski definition) is 1. The Morgan fingerprint density at radius 3 is 2.89 bits per heavy atom. The lowest BCUT2D eigenvalue weighted by Gasteiger charge is -2.00. The first-order chi connectivity index (χ1) is 4.34. The maximum atomic E-state index is 5.59. The zero-order valence-corrected chi connectivity index (χ0v) is 5.67. The number of aromatic nitrogens is 1. The largest absolute Gasteiger partial charge is 0.385 e. The molecule has 2 N–H and O–H groups in total. The van der Waals surface area contributed by atoms with Crippen LogP contribution in [-0.4, -0.2) is 4.57 Å². The zero-order valence-electron chi connectivity index (χ0n) is 5.67. The van der Waals surface area contributed by atoms with E-state index in [0.29, 0.717) is 0 Å². The van der Waals surface area contributed by atoms with E-state index in [2.05, 4.69) is 6.92 Å². The Kier molecular flexibility index (Phi) is 1.78. The van der Waals surface area contributed by atoms with Gasteiger partial charge in [-0.1, -0.05) is 6.92 Å². The van der Waals surface area contributed by atoms with Crippen molar-refractivity contribution in [2.24, 2.45) is 0 Å². The third kappa shape index (κ3) is 1.25. The van der Waals surface area contributed by atoms with Gasteiger partial charge in [-0.2, -0.15) is 0 Å². The lowest BCUT2D eigenvalue weighted by atomic mass is 10.5. The van der Waals surface area contributed by atoms with Crippen molar-refractivity contribution in [1.82, 2.24) is 4.57 Å². The number of rotatable bonds is 2. The molecule has 0 fully saturated rings. The highest BCUT2D eigenvalue weighted by atomic mass is 15.0. The van der Waals surface area contributed by atoms with E-state index in [-0.39, 0.29) is 0 Å². The van der Waals surface area contributed by atoms with Gasteiger partial charge in [-0.25, -0.2) is 0 Å². The van der Waals surface area contributed by atoms with Crippen LogP contribution in [0.5, 0.6) is 0 Å². The first-order valence-corrected chi connectivity index (χ1v) is 3.25. The van der Waals surface area contributed by atoms with Crippen molar-refractivity contribution in [2.75, 3.05) is 5.73 Å². The average molecular weight is 124 g/mol. The van der Waals surface area contributed by atoms with Gasteiger partial charge in [0.05, 0.1) is 0 Å². The van der Waals surface area contributed by atoms with Crippen molar-refractivity contribution < 1.29 is 0 Å². The predicted molar refractivity (Wildman–Crippen MR) is 39.1 cm³/mol. The van der Waals surface area contributed by atoms with Gasteiger partial charge in [0.15, 0.2) is 0 Å². The van der Waals surface area contributed by atoms with Crippen LogP contribution in [0.25, 0.3) is 0 Å². The van der Waals surface area contributed by atoms with E-state index >= 15 is 0 Å². The SMILES string of the molecule is CCCn1cccc1N. The molecule has 0 radical (unpaired) electrons. The summed E-state index contributed by atoms with van der Waals surface area (Å²) in [6.07, 6.45) is 3.14. The van der Waals surface area contributed by atoms with Gasteiger partial charge in [0.25, 0.3) is 0 Å². The van der Waals surface area contributed by atoms with Crippen LogP contribution in [0.1, 0.15) is 13.3 Å². The molecule has 0 atom stereocenters. The second-order valence-corrected chi connectivity index (χ2v) is 2.13. The Bertz CT molecular complexity index is 179. The molecule has 50 valence electrons. The topological polar surface area (TPSA) is 30.9 Å². The van der Waals surface area contributed by atoms with E-state index in [1.807, 2.05) is 22.9 Å². The summed E-state index contributed by atoms with van der Waals surface area (Å²) in [5, 5.41) is 0. The molecule has 0 aliphatic rings. The van der Waals surface area contributed by atoms with Crippen LogP contribution in [0.3, 0.4) is 0 Å². The maximum absolute atomic E-state index is 5.59. The maximum Gasteiger partial charge on any atom is 0.103 e. The fraction of sp³-hybridized carbons (Fsp3) is 0.429. The van der Waals surface area contributed by atoms with E-state index < -0.39 is 0 Å². The number of nitrogens with zero attached hydrogens (tertiary/aromatic N) is 1. The van der Waals surface area contributed by atoms with Crippen LogP contribution in [0, 0.1) is 0 Å². The third-order valence-corrected chi connectivity index (χ3v) is 1.33. The Balaban J connectivity index is 2.69. The summed E-state index contributed by atoms with van der Waals surface area (Å²) in [5.41, 5.74) is 5.59. The van der Waals surface area contributed by atoms with Gasteiger partial charge >= 0.3 is 0 Å². The second kappa shape index (κ2) is 2.58. The fourth-order valence-corrected chi connectivity index (χ4v) is 0.872. The molecule has 0 spiro atoms. The number of aryl methyl sites for hydroxylation is 1. The molecule has 1 aromatic rings. The lowest BCUT2D eigenvalue weighted by Crippen LogP contribution is -1.99. The van der Waals surface area contributed by atoms with Gasteiger partial charge < -0.3 is 10.3 Å². The highest BCUT2D eigenvalue weighted by Crippen LogP contribution is 2.03. The number of hydrogen-bond acceptors (Lipinski definition) is 1. The Morgan fingerprint density at radius 2 is 2.44 bits per heavy atom. The van der Waals surface area contributed by atoms with Crippen LogP contribution >= 0.6 is 0 Å². The molecule has 1 heterocycles. The molecule has 0 aliphatic carbocycles. The quantitative estimate of drug-likeness (QED) is 0.636. The number of anilines is 1. The van der Waals surface area contributed by atoms with Crippen molar-refractivity contribution in [3.8, 4) is 0 Å². The summed E-state index contributed by atoms with van der Waals surface area (Å²) >= 11 is 0. The van der Waals surface area contributed by atoms with Crippen molar-refractivity contribution in [2.45, 2.75) is 19.9 Å². The van der Waals surface area contributed by atoms with Gasteiger partial charge in [-0.3, -0.25) is 0 Å². The molecule has 1 aromatic heterocycles. The summed E-state index contributed by atoms with van der Waals surface area (Å²) in [6.45, 7) is 3.16. The summed E-state index contributed by atoms with van der Waals surface area (Å²) in [5.74, 6) is 0.858. The van der Waals surface area contributed by atoms with Crippen molar-refractivity contribution in [1.29, 1.82) is 0 Å².